The normalized spacial score (nSPS) is 20.6. The van der Waals surface area contributed by atoms with E-state index in [1.165, 1.54) is 6.92 Å². The van der Waals surface area contributed by atoms with Crippen molar-refractivity contribution in [3.8, 4) is 0 Å². The molecule has 0 aromatic carbocycles. The van der Waals surface area contributed by atoms with Crippen LogP contribution < -0.4 is 0 Å². The van der Waals surface area contributed by atoms with Crippen LogP contribution in [-0.4, -0.2) is 18.4 Å². The Morgan fingerprint density at radius 3 is 2.80 bits per heavy atom. The Morgan fingerprint density at radius 2 is 2.20 bits per heavy atom. The van der Waals surface area contributed by atoms with Crippen LogP contribution in [0.3, 0.4) is 0 Å². The smallest absolute Gasteiger partial charge is 0.302 e. The lowest BCUT2D eigenvalue weighted by atomic mass is 9.99. The van der Waals surface area contributed by atoms with Gasteiger partial charge in [0.2, 0.25) is 0 Å². The van der Waals surface area contributed by atoms with Gasteiger partial charge < -0.3 is 4.74 Å². The highest BCUT2D eigenvalue weighted by Crippen LogP contribution is 2.26. The number of hydrogen-bond acceptors (Lipinski definition) is 3. The highest BCUT2D eigenvalue weighted by molar-refractivity contribution is 5.82. The second-order valence-corrected chi connectivity index (χ2v) is 4.24. The molecule has 1 aliphatic carbocycles. The third-order valence-corrected chi connectivity index (χ3v) is 2.93. The summed E-state index contributed by atoms with van der Waals surface area (Å²) in [5, 5.41) is 0. The molecule has 86 valence electrons. The summed E-state index contributed by atoms with van der Waals surface area (Å²) in [5.74, 6) is 0.578. The average molecular weight is 212 g/mol. The molecule has 0 aliphatic heterocycles. The fourth-order valence-corrected chi connectivity index (χ4v) is 2.08. The van der Waals surface area contributed by atoms with E-state index < -0.39 is 0 Å². The van der Waals surface area contributed by atoms with Crippen molar-refractivity contribution in [2.45, 2.75) is 51.9 Å². The first kappa shape index (κ1) is 12.2. The molecular formula is C12H20O3. The van der Waals surface area contributed by atoms with Gasteiger partial charge in [0.05, 0.1) is 6.61 Å². The first-order valence-electron chi connectivity index (χ1n) is 5.86. The summed E-state index contributed by atoms with van der Waals surface area (Å²) >= 11 is 0. The van der Waals surface area contributed by atoms with E-state index in [0.717, 1.165) is 44.9 Å². The number of esters is 1. The molecule has 1 rings (SSSR count). The van der Waals surface area contributed by atoms with E-state index in [1.807, 2.05) is 0 Å². The van der Waals surface area contributed by atoms with E-state index in [4.69, 9.17) is 4.74 Å². The highest BCUT2D eigenvalue weighted by atomic mass is 16.5. The molecule has 0 spiro atoms. The van der Waals surface area contributed by atoms with Gasteiger partial charge in [-0.3, -0.25) is 9.59 Å². The summed E-state index contributed by atoms with van der Waals surface area (Å²) in [6.45, 7) is 1.95. The number of Topliss-reactive ketones (excluding diaryl/α,β-unsaturated/α-hetero) is 1. The molecule has 0 aromatic heterocycles. The van der Waals surface area contributed by atoms with Crippen LogP contribution in [0.4, 0.5) is 0 Å². The van der Waals surface area contributed by atoms with Crippen LogP contribution in [0.1, 0.15) is 51.9 Å². The number of ketones is 1. The maximum Gasteiger partial charge on any atom is 0.302 e. The Hall–Kier alpha value is -0.860. The Morgan fingerprint density at radius 1 is 1.40 bits per heavy atom. The summed E-state index contributed by atoms with van der Waals surface area (Å²) in [7, 11) is 0. The van der Waals surface area contributed by atoms with Gasteiger partial charge in [0.15, 0.2) is 0 Å². The largest absolute Gasteiger partial charge is 0.466 e. The summed E-state index contributed by atoms with van der Waals surface area (Å²) in [6.07, 6.45) is 7.03. The molecule has 0 heterocycles. The lowest BCUT2D eigenvalue weighted by Crippen LogP contribution is -2.06. The van der Waals surface area contributed by atoms with Gasteiger partial charge in [-0.1, -0.05) is 12.8 Å². The minimum Gasteiger partial charge on any atom is -0.466 e. The average Bonchev–Trinajstić information content (AvgIpc) is 2.57. The van der Waals surface area contributed by atoms with Crippen LogP contribution in [-0.2, 0) is 14.3 Å². The van der Waals surface area contributed by atoms with Gasteiger partial charge in [0.25, 0.3) is 0 Å². The zero-order chi connectivity index (χ0) is 11.1. The van der Waals surface area contributed by atoms with Crippen molar-refractivity contribution in [3.05, 3.63) is 0 Å². The van der Waals surface area contributed by atoms with Gasteiger partial charge in [0, 0.05) is 19.3 Å². The van der Waals surface area contributed by atoms with Crippen molar-refractivity contribution < 1.29 is 14.3 Å². The molecule has 1 unspecified atom stereocenters. The van der Waals surface area contributed by atoms with Crippen molar-refractivity contribution in [3.63, 3.8) is 0 Å². The van der Waals surface area contributed by atoms with Crippen LogP contribution >= 0.6 is 0 Å². The Bertz CT molecular complexity index is 223. The number of rotatable bonds is 6. The monoisotopic (exact) mass is 212 g/mol. The van der Waals surface area contributed by atoms with Crippen molar-refractivity contribution in [1.29, 1.82) is 0 Å². The molecular weight excluding hydrogens is 192 g/mol. The van der Waals surface area contributed by atoms with Crippen molar-refractivity contribution in [1.82, 2.24) is 0 Å². The number of carbonyl (C=O) groups excluding carboxylic acids is 2. The van der Waals surface area contributed by atoms with Gasteiger partial charge in [0.1, 0.15) is 5.78 Å². The van der Waals surface area contributed by atoms with E-state index in [-0.39, 0.29) is 5.97 Å². The third kappa shape index (κ3) is 4.96. The van der Waals surface area contributed by atoms with Crippen molar-refractivity contribution in [2.24, 2.45) is 5.92 Å². The van der Waals surface area contributed by atoms with E-state index in [2.05, 4.69) is 0 Å². The molecule has 0 amide bonds. The summed E-state index contributed by atoms with van der Waals surface area (Å²) in [6, 6.07) is 0. The van der Waals surface area contributed by atoms with E-state index in [1.54, 1.807) is 0 Å². The standard InChI is InChI=1S/C12H20O3/c1-10(13)15-9-4-2-3-6-11-7-5-8-12(11)14/h11H,2-9H2,1H3. The van der Waals surface area contributed by atoms with Crippen molar-refractivity contribution >= 4 is 11.8 Å². The second-order valence-electron chi connectivity index (χ2n) is 4.24. The first-order valence-corrected chi connectivity index (χ1v) is 5.86. The quantitative estimate of drug-likeness (QED) is 0.502. The van der Waals surface area contributed by atoms with E-state index in [9.17, 15) is 9.59 Å². The van der Waals surface area contributed by atoms with Gasteiger partial charge in [-0.15, -0.1) is 0 Å². The molecule has 15 heavy (non-hydrogen) atoms. The number of hydrogen-bond donors (Lipinski definition) is 0. The SMILES string of the molecule is CC(=O)OCCCCCC1CCCC1=O. The first-order chi connectivity index (χ1) is 7.20. The molecule has 0 saturated heterocycles. The van der Waals surface area contributed by atoms with E-state index in [0.29, 0.717) is 18.3 Å². The highest BCUT2D eigenvalue weighted by Gasteiger charge is 2.23. The Balaban J connectivity index is 1.92. The van der Waals surface area contributed by atoms with Crippen LogP contribution in [0.5, 0.6) is 0 Å². The van der Waals surface area contributed by atoms with Crippen molar-refractivity contribution in [2.75, 3.05) is 6.61 Å². The van der Waals surface area contributed by atoms with Crippen LogP contribution in [0.25, 0.3) is 0 Å². The van der Waals surface area contributed by atoms with Crippen LogP contribution in [0.15, 0.2) is 0 Å². The van der Waals surface area contributed by atoms with Crippen LogP contribution in [0, 0.1) is 5.92 Å². The maximum atomic E-state index is 11.3. The molecule has 1 atom stereocenters. The predicted octanol–water partition coefficient (Wildman–Crippen LogP) is 2.48. The molecule has 0 N–H and O–H groups in total. The molecule has 3 heteroatoms. The lowest BCUT2D eigenvalue weighted by molar-refractivity contribution is -0.141. The summed E-state index contributed by atoms with van der Waals surface area (Å²) in [4.78, 5) is 21.8. The maximum absolute atomic E-state index is 11.3. The topological polar surface area (TPSA) is 43.4 Å². The fourth-order valence-electron chi connectivity index (χ4n) is 2.08. The van der Waals surface area contributed by atoms with Crippen LogP contribution in [0.2, 0.25) is 0 Å². The van der Waals surface area contributed by atoms with Gasteiger partial charge in [-0.05, 0) is 25.7 Å². The molecule has 0 bridgehead atoms. The lowest BCUT2D eigenvalue weighted by Gasteiger charge is -2.07. The Labute approximate surface area is 91.2 Å². The molecule has 0 aromatic rings. The Kier molecular flexibility index (Phi) is 5.37. The number of carbonyl (C=O) groups is 2. The zero-order valence-corrected chi connectivity index (χ0v) is 9.46. The minimum absolute atomic E-state index is 0.207. The fraction of sp³-hybridized carbons (Fsp3) is 0.833. The summed E-state index contributed by atoms with van der Waals surface area (Å²) < 4.78 is 4.83. The number of unbranched alkanes of at least 4 members (excludes halogenated alkanes) is 2. The number of ether oxygens (including phenoxy) is 1. The minimum atomic E-state index is -0.207. The van der Waals surface area contributed by atoms with Gasteiger partial charge in [-0.2, -0.15) is 0 Å². The molecule has 3 nitrogen and oxygen atoms in total. The zero-order valence-electron chi connectivity index (χ0n) is 9.46. The summed E-state index contributed by atoms with van der Waals surface area (Å²) in [5.41, 5.74) is 0. The second kappa shape index (κ2) is 6.59. The molecule has 1 fully saturated rings. The van der Waals surface area contributed by atoms with Gasteiger partial charge in [-0.25, -0.2) is 0 Å². The predicted molar refractivity (Wildman–Crippen MR) is 57.4 cm³/mol. The third-order valence-electron chi connectivity index (χ3n) is 2.93. The molecule has 1 aliphatic rings. The molecule has 1 saturated carbocycles. The van der Waals surface area contributed by atoms with E-state index >= 15 is 0 Å². The van der Waals surface area contributed by atoms with Gasteiger partial charge >= 0.3 is 5.97 Å². The molecule has 0 radical (unpaired) electrons.